The van der Waals surface area contributed by atoms with Crippen molar-refractivity contribution >= 4 is 21.8 Å². The molecule has 0 heterocycles. The molecule has 1 N–H and O–H groups in total. The van der Waals surface area contributed by atoms with Crippen molar-refractivity contribution in [2.75, 3.05) is 0 Å². The van der Waals surface area contributed by atoms with Gasteiger partial charge in [-0.05, 0) is 60.9 Å². The van der Waals surface area contributed by atoms with Gasteiger partial charge < -0.3 is 5.32 Å². The number of fused-ring (bicyclic) bond motifs is 1. The molecule has 1 atom stereocenters. The molecule has 2 aliphatic carbocycles. The van der Waals surface area contributed by atoms with Crippen LogP contribution in [0.2, 0.25) is 0 Å². The lowest BCUT2D eigenvalue weighted by atomic mass is 9.82. The summed E-state index contributed by atoms with van der Waals surface area (Å²) in [6.07, 6.45) is 5.22. The Morgan fingerprint density at radius 1 is 1.09 bits per heavy atom. The maximum absolute atomic E-state index is 12.9. The second-order valence-electron chi connectivity index (χ2n) is 6.72. The van der Waals surface area contributed by atoms with Gasteiger partial charge in [-0.25, -0.2) is 0 Å². The number of aryl methyl sites for hydroxylation is 1. The quantitative estimate of drug-likeness (QED) is 0.836. The molecule has 1 fully saturated rings. The Bertz CT molecular complexity index is 734. The number of carbonyl (C=O) groups excluding carboxylic acids is 1. The van der Waals surface area contributed by atoms with Gasteiger partial charge in [0.25, 0.3) is 0 Å². The summed E-state index contributed by atoms with van der Waals surface area (Å²) in [5, 5.41) is 3.36. The molecule has 0 aromatic heterocycles. The molecule has 3 heteroatoms. The zero-order valence-corrected chi connectivity index (χ0v) is 14.6. The van der Waals surface area contributed by atoms with Gasteiger partial charge in [0.1, 0.15) is 0 Å². The number of amides is 1. The van der Waals surface area contributed by atoms with Crippen LogP contribution in [-0.4, -0.2) is 5.91 Å². The van der Waals surface area contributed by atoms with Crippen LogP contribution >= 0.6 is 15.9 Å². The Morgan fingerprint density at radius 2 is 1.83 bits per heavy atom. The van der Waals surface area contributed by atoms with Crippen LogP contribution in [0.15, 0.2) is 53.0 Å². The molecule has 0 spiro atoms. The normalized spacial score (nSPS) is 21.3. The third-order valence-electron chi connectivity index (χ3n) is 5.20. The largest absolute Gasteiger partial charge is 0.346 e. The fourth-order valence-electron chi connectivity index (χ4n) is 3.73. The van der Waals surface area contributed by atoms with E-state index in [4.69, 9.17) is 0 Å². The lowest BCUT2D eigenvalue weighted by Gasteiger charge is -2.27. The Labute approximate surface area is 145 Å². The molecule has 2 aromatic carbocycles. The average molecular weight is 370 g/mol. The molecule has 1 unspecified atom stereocenters. The van der Waals surface area contributed by atoms with Crippen LogP contribution in [0.1, 0.15) is 48.3 Å². The van der Waals surface area contributed by atoms with Gasteiger partial charge in [0.2, 0.25) is 5.91 Å². The summed E-state index contributed by atoms with van der Waals surface area (Å²) < 4.78 is 1.07. The van der Waals surface area contributed by atoms with Gasteiger partial charge in [0, 0.05) is 4.47 Å². The lowest BCUT2D eigenvalue weighted by Crippen LogP contribution is -2.39. The van der Waals surface area contributed by atoms with Gasteiger partial charge >= 0.3 is 0 Å². The first-order chi connectivity index (χ1) is 11.2. The second-order valence-corrected chi connectivity index (χ2v) is 7.64. The van der Waals surface area contributed by atoms with Crippen LogP contribution in [0.5, 0.6) is 0 Å². The molecule has 1 saturated carbocycles. The summed E-state index contributed by atoms with van der Waals surface area (Å²) in [5.41, 5.74) is 3.65. The summed E-state index contributed by atoms with van der Waals surface area (Å²) in [6, 6.07) is 16.7. The Balaban J connectivity index is 1.56. The molecule has 23 heavy (non-hydrogen) atoms. The van der Waals surface area contributed by atoms with Crippen molar-refractivity contribution in [1.82, 2.24) is 5.32 Å². The SMILES string of the molecule is O=C(NC1(c2ccc(Br)cc2)CC1)C1CCCc2ccccc21. The molecule has 0 saturated heterocycles. The minimum Gasteiger partial charge on any atom is -0.346 e. The Hall–Kier alpha value is -1.61. The summed E-state index contributed by atoms with van der Waals surface area (Å²) in [7, 11) is 0. The molecule has 1 amide bonds. The molecule has 2 aromatic rings. The number of hydrogen-bond acceptors (Lipinski definition) is 1. The van der Waals surface area contributed by atoms with Gasteiger partial charge in [-0.2, -0.15) is 0 Å². The Kier molecular flexibility index (Phi) is 3.76. The molecule has 0 bridgehead atoms. The molecule has 2 nitrogen and oxygen atoms in total. The fourth-order valence-corrected chi connectivity index (χ4v) is 3.99. The van der Waals surface area contributed by atoms with Crippen molar-refractivity contribution in [3.05, 3.63) is 69.7 Å². The molecule has 4 rings (SSSR count). The van der Waals surface area contributed by atoms with E-state index in [2.05, 4.69) is 63.7 Å². The highest BCUT2D eigenvalue weighted by Gasteiger charge is 2.46. The first-order valence-electron chi connectivity index (χ1n) is 8.34. The third-order valence-corrected chi connectivity index (χ3v) is 5.72. The number of carbonyl (C=O) groups is 1. The van der Waals surface area contributed by atoms with Gasteiger partial charge in [-0.1, -0.05) is 52.3 Å². The molecular formula is C20H20BrNO. The highest BCUT2D eigenvalue weighted by Crippen LogP contribution is 2.46. The second kappa shape index (κ2) is 5.79. The van der Waals surface area contributed by atoms with Crippen LogP contribution in [0.4, 0.5) is 0 Å². The van der Waals surface area contributed by atoms with E-state index in [-0.39, 0.29) is 17.4 Å². The van der Waals surface area contributed by atoms with Crippen molar-refractivity contribution in [1.29, 1.82) is 0 Å². The monoisotopic (exact) mass is 369 g/mol. The van der Waals surface area contributed by atoms with Crippen LogP contribution in [0, 0.1) is 0 Å². The van der Waals surface area contributed by atoms with Crippen molar-refractivity contribution in [3.8, 4) is 0 Å². The number of benzene rings is 2. The van der Waals surface area contributed by atoms with E-state index >= 15 is 0 Å². The summed E-state index contributed by atoms with van der Waals surface area (Å²) in [4.78, 5) is 12.9. The molecule has 2 aliphatic rings. The first kappa shape index (κ1) is 14.9. The number of hydrogen-bond donors (Lipinski definition) is 1. The van der Waals surface area contributed by atoms with Gasteiger partial charge in [-0.3, -0.25) is 4.79 Å². The zero-order chi connectivity index (χ0) is 15.9. The van der Waals surface area contributed by atoms with E-state index in [9.17, 15) is 4.79 Å². The van der Waals surface area contributed by atoms with Gasteiger partial charge in [-0.15, -0.1) is 0 Å². The predicted molar refractivity (Wildman–Crippen MR) is 95.3 cm³/mol. The van der Waals surface area contributed by atoms with E-state index < -0.39 is 0 Å². The molecule has 118 valence electrons. The average Bonchev–Trinajstić information content (AvgIpc) is 3.35. The zero-order valence-electron chi connectivity index (χ0n) is 13.0. The minimum atomic E-state index is -0.135. The van der Waals surface area contributed by atoms with E-state index in [1.165, 1.54) is 16.7 Å². The van der Waals surface area contributed by atoms with Crippen LogP contribution < -0.4 is 5.32 Å². The topological polar surface area (TPSA) is 29.1 Å². The number of halogens is 1. The van der Waals surface area contributed by atoms with E-state index in [1.54, 1.807) is 0 Å². The van der Waals surface area contributed by atoms with Crippen molar-refractivity contribution in [2.24, 2.45) is 0 Å². The summed E-state index contributed by atoms with van der Waals surface area (Å²) in [6.45, 7) is 0. The van der Waals surface area contributed by atoms with Crippen LogP contribution in [0.25, 0.3) is 0 Å². The molecular weight excluding hydrogens is 350 g/mol. The maximum Gasteiger partial charge on any atom is 0.228 e. The smallest absolute Gasteiger partial charge is 0.228 e. The fraction of sp³-hybridized carbons (Fsp3) is 0.350. The lowest BCUT2D eigenvalue weighted by molar-refractivity contribution is -0.124. The third kappa shape index (κ3) is 2.83. The van der Waals surface area contributed by atoms with E-state index in [0.29, 0.717) is 0 Å². The maximum atomic E-state index is 12.9. The highest BCUT2D eigenvalue weighted by atomic mass is 79.9. The van der Waals surface area contributed by atoms with Crippen molar-refractivity contribution < 1.29 is 4.79 Å². The van der Waals surface area contributed by atoms with Gasteiger partial charge in [0.05, 0.1) is 11.5 Å². The minimum absolute atomic E-state index is 0.00729. The highest BCUT2D eigenvalue weighted by molar-refractivity contribution is 9.10. The molecule has 0 aliphatic heterocycles. The first-order valence-corrected chi connectivity index (χ1v) is 9.13. The van der Waals surface area contributed by atoms with Crippen LogP contribution in [0.3, 0.4) is 0 Å². The summed E-state index contributed by atoms with van der Waals surface area (Å²) in [5.74, 6) is 0.199. The Morgan fingerprint density at radius 3 is 2.57 bits per heavy atom. The standard InChI is InChI=1S/C20H20BrNO/c21-16-10-8-15(9-11-16)20(12-13-20)22-19(23)18-7-3-5-14-4-1-2-6-17(14)18/h1-2,4,6,8-11,18H,3,5,7,12-13H2,(H,22,23). The van der Waals surface area contributed by atoms with E-state index in [0.717, 1.165) is 36.6 Å². The number of rotatable bonds is 3. The predicted octanol–water partition coefficient (Wildman–Crippen LogP) is 4.67. The van der Waals surface area contributed by atoms with Crippen LogP contribution in [-0.2, 0) is 16.8 Å². The van der Waals surface area contributed by atoms with Gasteiger partial charge in [0.15, 0.2) is 0 Å². The molecule has 0 radical (unpaired) electrons. The van der Waals surface area contributed by atoms with Crippen molar-refractivity contribution in [3.63, 3.8) is 0 Å². The van der Waals surface area contributed by atoms with E-state index in [1.807, 2.05) is 6.07 Å². The summed E-state index contributed by atoms with van der Waals surface area (Å²) >= 11 is 3.48. The number of nitrogens with one attached hydrogen (secondary N) is 1. The van der Waals surface area contributed by atoms with Crippen molar-refractivity contribution in [2.45, 2.75) is 43.6 Å².